The van der Waals surface area contributed by atoms with E-state index in [0.29, 0.717) is 28.1 Å². The first kappa shape index (κ1) is 25.2. The van der Waals surface area contributed by atoms with Gasteiger partial charge in [0.2, 0.25) is 5.91 Å². The van der Waals surface area contributed by atoms with Crippen molar-refractivity contribution in [1.82, 2.24) is 19.7 Å². The maximum Gasteiger partial charge on any atom is 0.416 e. The van der Waals surface area contributed by atoms with E-state index in [1.807, 2.05) is 0 Å². The van der Waals surface area contributed by atoms with Gasteiger partial charge in [-0.15, -0.1) is 10.2 Å². The molecule has 1 unspecified atom stereocenters. The van der Waals surface area contributed by atoms with Crippen LogP contribution in [0.5, 0.6) is 0 Å². The number of rotatable bonds is 4. The molecule has 4 aromatic rings. The molecule has 10 nitrogen and oxygen atoms in total. The number of carbonyl (C=O) groups excluding carboxylic acids is 2. The van der Waals surface area contributed by atoms with E-state index in [1.54, 1.807) is 41.9 Å². The van der Waals surface area contributed by atoms with Crippen molar-refractivity contribution in [3.05, 3.63) is 77.1 Å². The lowest BCUT2D eigenvalue weighted by atomic mass is 9.96. The monoisotopic (exact) mass is 544 g/mol. The van der Waals surface area contributed by atoms with Gasteiger partial charge in [-0.3, -0.25) is 19.4 Å². The number of anilines is 2. The molecule has 4 heterocycles. The predicted molar refractivity (Wildman–Crippen MR) is 137 cm³/mol. The fourth-order valence-electron chi connectivity index (χ4n) is 4.95. The second-order valence-electron chi connectivity index (χ2n) is 9.49. The maximum atomic E-state index is 13.7. The van der Waals surface area contributed by atoms with Gasteiger partial charge in [-0.05, 0) is 59.2 Å². The number of hydrogen-bond acceptors (Lipinski definition) is 7. The summed E-state index contributed by atoms with van der Waals surface area (Å²) >= 11 is 0. The molecule has 2 aromatic carbocycles. The number of halogens is 3. The number of nitriles is 1. The van der Waals surface area contributed by atoms with E-state index in [4.69, 9.17) is 5.73 Å². The van der Waals surface area contributed by atoms with Crippen molar-refractivity contribution in [2.24, 2.45) is 12.8 Å². The number of hydrogen-bond donors (Lipinski definition) is 1. The third-order valence-corrected chi connectivity index (χ3v) is 7.00. The zero-order valence-corrected chi connectivity index (χ0v) is 20.8. The molecule has 200 valence electrons. The summed E-state index contributed by atoms with van der Waals surface area (Å²) in [5.41, 5.74) is 6.60. The number of nitrogens with two attached hydrogens (primary N) is 1. The Bertz CT molecular complexity index is 1760. The van der Waals surface area contributed by atoms with Crippen molar-refractivity contribution in [3.63, 3.8) is 0 Å². The number of β-lactam (4-membered cyclic amide) rings is 1. The summed E-state index contributed by atoms with van der Waals surface area (Å²) in [6.07, 6.45) is -3.13. The predicted octanol–water partition coefficient (Wildman–Crippen LogP) is 3.27. The van der Waals surface area contributed by atoms with Crippen molar-refractivity contribution < 1.29 is 22.8 Å². The minimum absolute atomic E-state index is 0.0429. The molecule has 6 rings (SSSR count). The van der Waals surface area contributed by atoms with Gasteiger partial charge in [-0.25, -0.2) is 4.98 Å². The van der Waals surface area contributed by atoms with Gasteiger partial charge in [0.25, 0.3) is 5.91 Å². The van der Waals surface area contributed by atoms with Crippen LogP contribution in [0, 0.1) is 11.3 Å². The van der Waals surface area contributed by atoms with Crippen LogP contribution in [0.25, 0.3) is 22.5 Å². The normalized spacial score (nSPS) is 16.6. The van der Waals surface area contributed by atoms with E-state index in [-0.39, 0.29) is 41.8 Å². The second kappa shape index (κ2) is 8.99. The van der Waals surface area contributed by atoms with Crippen molar-refractivity contribution in [2.45, 2.75) is 18.8 Å². The van der Waals surface area contributed by atoms with Crippen LogP contribution in [0.1, 0.15) is 27.0 Å². The van der Waals surface area contributed by atoms with Crippen LogP contribution in [0.15, 0.2) is 54.9 Å². The lowest BCUT2D eigenvalue weighted by Gasteiger charge is -2.35. The molecule has 2 amide bonds. The van der Waals surface area contributed by atoms with Gasteiger partial charge in [0, 0.05) is 18.2 Å². The molecule has 2 aliphatic rings. The Labute approximate surface area is 225 Å². The molecule has 2 aromatic heterocycles. The van der Waals surface area contributed by atoms with Crippen LogP contribution < -0.4 is 15.5 Å². The highest BCUT2D eigenvalue weighted by molar-refractivity contribution is 6.10. The number of amides is 2. The fraction of sp³-hybridized carbons (Fsp3) is 0.185. The maximum absolute atomic E-state index is 13.7. The molecule has 0 bridgehead atoms. The number of fused-ring (bicyclic) bond motifs is 1. The SMILES string of the molecule is Cn1cnnc1-c1ccc(C#N)cc1-c1cc(N2Cc3c(cccc3C(F)(F)F)C2=O)nc(N2CC(N)C2=O)c1. The van der Waals surface area contributed by atoms with Gasteiger partial charge >= 0.3 is 6.18 Å². The average Bonchev–Trinajstić information content (AvgIpc) is 3.52. The lowest BCUT2D eigenvalue weighted by Crippen LogP contribution is -2.61. The van der Waals surface area contributed by atoms with Gasteiger partial charge < -0.3 is 10.3 Å². The quantitative estimate of drug-likeness (QED) is 0.390. The molecule has 0 spiro atoms. The standard InChI is InChI=1S/C27H19F3N8O2/c1-36-13-33-35-24(36)16-6-5-14(10-31)7-18(16)15-8-22(34-23(9-15)38-12-21(32)26(38)40)37-11-19-17(25(37)39)3-2-4-20(19)27(28,29)30/h2-9,13,21H,11-12,32H2,1H3. The number of benzene rings is 2. The van der Waals surface area contributed by atoms with E-state index in [2.05, 4.69) is 21.3 Å². The van der Waals surface area contributed by atoms with E-state index < -0.39 is 23.7 Å². The first-order chi connectivity index (χ1) is 19.1. The number of aryl methyl sites for hydroxylation is 1. The van der Waals surface area contributed by atoms with Gasteiger partial charge in [0.1, 0.15) is 24.0 Å². The van der Waals surface area contributed by atoms with Crippen molar-refractivity contribution >= 4 is 23.5 Å². The van der Waals surface area contributed by atoms with Crippen molar-refractivity contribution in [1.29, 1.82) is 5.26 Å². The van der Waals surface area contributed by atoms with Crippen LogP contribution in [-0.4, -0.2) is 44.1 Å². The molecule has 40 heavy (non-hydrogen) atoms. The fourth-order valence-corrected chi connectivity index (χ4v) is 4.95. The molecule has 1 atom stereocenters. The van der Waals surface area contributed by atoms with Crippen LogP contribution >= 0.6 is 0 Å². The molecule has 13 heteroatoms. The first-order valence-electron chi connectivity index (χ1n) is 12.1. The minimum Gasteiger partial charge on any atom is -0.318 e. The first-order valence-corrected chi connectivity index (χ1v) is 12.1. The smallest absolute Gasteiger partial charge is 0.318 e. The molecule has 1 fully saturated rings. The summed E-state index contributed by atoms with van der Waals surface area (Å²) < 4.78 is 42.9. The highest BCUT2D eigenvalue weighted by Gasteiger charge is 2.41. The number of aromatic nitrogens is 4. The lowest BCUT2D eigenvalue weighted by molar-refractivity contribution is -0.138. The van der Waals surface area contributed by atoms with Gasteiger partial charge in [-0.2, -0.15) is 18.4 Å². The topological polar surface area (TPSA) is 134 Å². The molecule has 0 saturated carbocycles. The largest absolute Gasteiger partial charge is 0.416 e. The Morgan fingerprint density at radius 2 is 1.77 bits per heavy atom. The Kier molecular flexibility index (Phi) is 5.67. The number of carbonyl (C=O) groups is 2. The van der Waals surface area contributed by atoms with Gasteiger partial charge in [-0.1, -0.05) is 6.07 Å². The van der Waals surface area contributed by atoms with E-state index in [1.165, 1.54) is 23.4 Å². The third-order valence-electron chi connectivity index (χ3n) is 7.00. The molecule has 1 saturated heterocycles. The van der Waals surface area contributed by atoms with Gasteiger partial charge in [0.15, 0.2) is 5.82 Å². The van der Waals surface area contributed by atoms with Gasteiger partial charge in [0.05, 0.1) is 30.3 Å². The summed E-state index contributed by atoms with van der Waals surface area (Å²) in [6.45, 7) is -0.183. The van der Waals surface area contributed by atoms with Crippen molar-refractivity contribution in [2.75, 3.05) is 16.3 Å². The summed E-state index contributed by atoms with van der Waals surface area (Å²) in [5, 5.41) is 17.7. The number of pyridine rings is 1. The highest BCUT2D eigenvalue weighted by Crippen LogP contribution is 2.41. The van der Waals surface area contributed by atoms with Crippen LogP contribution in [-0.2, 0) is 24.6 Å². The highest BCUT2D eigenvalue weighted by atomic mass is 19.4. The summed E-state index contributed by atoms with van der Waals surface area (Å²) in [6, 6.07) is 13.0. The third kappa shape index (κ3) is 3.97. The van der Waals surface area contributed by atoms with Crippen LogP contribution in [0.3, 0.4) is 0 Å². The number of nitrogens with zero attached hydrogens (tertiary/aromatic N) is 7. The molecular formula is C27H19F3N8O2. The summed E-state index contributed by atoms with van der Waals surface area (Å²) in [7, 11) is 1.75. The Hall–Kier alpha value is -5.09. The second-order valence-corrected chi connectivity index (χ2v) is 9.49. The van der Waals surface area contributed by atoms with Crippen LogP contribution in [0.2, 0.25) is 0 Å². The van der Waals surface area contributed by atoms with E-state index in [9.17, 15) is 28.0 Å². The number of alkyl halides is 3. The van der Waals surface area contributed by atoms with Crippen molar-refractivity contribution in [3.8, 4) is 28.6 Å². The molecular weight excluding hydrogens is 525 g/mol. The minimum atomic E-state index is -4.65. The summed E-state index contributed by atoms with van der Waals surface area (Å²) in [4.78, 5) is 32.9. The average molecular weight is 544 g/mol. The molecule has 2 N–H and O–H groups in total. The van der Waals surface area contributed by atoms with E-state index in [0.717, 1.165) is 11.0 Å². The Morgan fingerprint density at radius 3 is 2.40 bits per heavy atom. The zero-order valence-electron chi connectivity index (χ0n) is 20.8. The molecule has 0 aliphatic carbocycles. The summed E-state index contributed by atoms with van der Waals surface area (Å²) in [5.74, 6) is -0.333. The van der Waals surface area contributed by atoms with Crippen LogP contribution in [0.4, 0.5) is 24.8 Å². The Morgan fingerprint density at radius 1 is 1.02 bits per heavy atom. The molecule has 2 aliphatic heterocycles. The molecule has 0 radical (unpaired) electrons. The Balaban J connectivity index is 1.53. The zero-order chi connectivity index (χ0) is 28.3. The van der Waals surface area contributed by atoms with E-state index >= 15 is 0 Å².